The molecule has 172 valence electrons. The van der Waals surface area contributed by atoms with Gasteiger partial charge in [0.05, 0.1) is 12.2 Å². The fourth-order valence-corrected chi connectivity index (χ4v) is 10.1. The van der Waals surface area contributed by atoms with E-state index in [-0.39, 0.29) is 17.6 Å². The lowest BCUT2D eigenvalue weighted by molar-refractivity contribution is -0.202. The van der Waals surface area contributed by atoms with E-state index in [1.54, 1.807) is 11.3 Å². The molecule has 2 unspecified atom stereocenters. The van der Waals surface area contributed by atoms with Crippen LogP contribution in [-0.4, -0.2) is 28.1 Å². The number of aliphatic hydroxyl groups is 1. The van der Waals surface area contributed by atoms with Crippen molar-refractivity contribution in [1.29, 1.82) is 0 Å². The van der Waals surface area contributed by atoms with Crippen molar-refractivity contribution in [2.45, 2.75) is 103 Å². The number of rotatable bonds is 1. The Labute approximate surface area is 191 Å². The summed E-state index contributed by atoms with van der Waals surface area (Å²) in [4.78, 5) is 4.60. The van der Waals surface area contributed by atoms with Crippen molar-refractivity contribution in [3.8, 4) is 0 Å². The minimum absolute atomic E-state index is 0.141. The van der Waals surface area contributed by atoms with Gasteiger partial charge in [0.15, 0.2) is 5.79 Å². The van der Waals surface area contributed by atoms with E-state index < -0.39 is 11.4 Å². The lowest BCUT2D eigenvalue weighted by Gasteiger charge is -2.63. The van der Waals surface area contributed by atoms with E-state index in [1.807, 2.05) is 11.6 Å². The third-order valence-corrected chi connectivity index (χ3v) is 11.7. The summed E-state index contributed by atoms with van der Waals surface area (Å²) in [6.07, 6.45) is 10.3. The molecule has 4 saturated carbocycles. The second-order valence-corrected chi connectivity index (χ2v) is 13.4. The van der Waals surface area contributed by atoms with Gasteiger partial charge in [-0.05, 0) is 87.4 Å². The standard InChI is InChI=1S/C26H39NO3S/c1-15-6-9-24(4)16-7-10-25(5)17(8-11-26(25,28)22-27-12-13-31-22)19(16)21-20(18(24)14-15)29-23(2,3)30-21/h12-13,15-21,28H,6-11,14H2,1-5H3/t15-,16?,17-,18+,19?,20+,21+,24+,25-,26+/m0/s1. The van der Waals surface area contributed by atoms with Crippen molar-refractivity contribution < 1.29 is 14.6 Å². The van der Waals surface area contributed by atoms with Crippen molar-refractivity contribution in [2.75, 3.05) is 0 Å². The molecule has 1 saturated heterocycles. The number of aromatic nitrogens is 1. The summed E-state index contributed by atoms with van der Waals surface area (Å²) in [7, 11) is 0. The van der Waals surface area contributed by atoms with Crippen LogP contribution < -0.4 is 0 Å². The quantitative estimate of drug-likeness (QED) is 0.598. The highest BCUT2D eigenvalue weighted by molar-refractivity contribution is 7.09. The highest BCUT2D eigenvalue weighted by atomic mass is 32.1. The first-order valence-corrected chi connectivity index (χ1v) is 13.4. The topological polar surface area (TPSA) is 51.6 Å². The Morgan fingerprint density at radius 2 is 1.71 bits per heavy atom. The van der Waals surface area contributed by atoms with Gasteiger partial charge in [-0.2, -0.15) is 0 Å². The maximum atomic E-state index is 12.0. The van der Waals surface area contributed by atoms with Crippen LogP contribution in [0.3, 0.4) is 0 Å². The predicted octanol–water partition coefficient (Wildman–Crippen LogP) is 5.75. The van der Waals surface area contributed by atoms with E-state index in [4.69, 9.17) is 9.47 Å². The Bertz CT molecular complexity index is 857. The minimum Gasteiger partial charge on any atom is -0.382 e. The highest BCUT2D eigenvalue weighted by Gasteiger charge is 2.71. The summed E-state index contributed by atoms with van der Waals surface area (Å²) in [5.74, 6) is 2.45. The maximum absolute atomic E-state index is 12.0. The Hall–Kier alpha value is -0.490. The van der Waals surface area contributed by atoms with Crippen LogP contribution in [0.1, 0.15) is 84.6 Å². The summed E-state index contributed by atoms with van der Waals surface area (Å²) in [5.41, 5.74) is -0.622. The molecule has 1 aliphatic heterocycles. The zero-order chi connectivity index (χ0) is 21.8. The van der Waals surface area contributed by atoms with E-state index in [0.29, 0.717) is 29.1 Å². The molecule has 31 heavy (non-hydrogen) atoms. The molecule has 10 atom stereocenters. The van der Waals surface area contributed by atoms with Crippen LogP contribution in [-0.2, 0) is 15.1 Å². The average Bonchev–Trinajstić information content (AvgIpc) is 3.41. The molecule has 0 spiro atoms. The summed E-state index contributed by atoms with van der Waals surface area (Å²) in [5, 5.41) is 15.0. The molecular formula is C26H39NO3S. The van der Waals surface area contributed by atoms with E-state index >= 15 is 0 Å². The Morgan fingerprint density at radius 3 is 2.45 bits per heavy atom. The molecule has 0 aromatic carbocycles. The third kappa shape index (κ3) is 2.67. The van der Waals surface area contributed by atoms with Crippen molar-refractivity contribution in [3.63, 3.8) is 0 Å². The lowest BCUT2D eigenvalue weighted by Crippen LogP contribution is -2.63. The van der Waals surface area contributed by atoms with Gasteiger partial charge in [-0.25, -0.2) is 4.98 Å². The minimum atomic E-state index is -0.805. The average molecular weight is 446 g/mol. The number of hydrogen-bond donors (Lipinski definition) is 1. The van der Waals surface area contributed by atoms with E-state index in [1.165, 1.54) is 25.7 Å². The molecule has 1 aromatic rings. The Balaban J connectivity index is 1.44. The summed E-state index contributed by atoms with van der Waals surface area (Å²) in [6, 6.07) is 0. The number of thiazole rings is 1. The van der Waals surface area contributed by atoms with Crippen LogP contribution in [0.2, 0.25) is 0 Å². The van der Waals surface area contributed by atoms with E-state index in [2.05, 4.69) is 39.6 Å². The molecule has 0 radical (unpaired) electrons. The second kappa shape index (κ2) is 6.55. The molecule has 4 nitrogen and oxygen atoms in total. The van der Waals surface area contributed by atoms with Crippen LogP contribution in [0, 0.1) is 40.4 Å². The zero-order valence-electron chi connectivity index (χ0n) is 19.8. The molecular weight excluding hydrogens is 406 g/mol. The molecule has 0 amide bonds. The molecule has 0 bridgehead atoms. The Kier molecular flexibility index (Phi) is 4.45. The molecule has 5 fully saturated rings. The third-order valence-electron chi connectivity index (χ3n) is 10.7. The highest BCUT2D eigenvalue weighted by Crippen LogP contribution is 2.71. The summed E-state index contributed by atoms with van der Waals surface area (Å²) < 4.78 is 13.4. The van der Waals surface area contributed by atoms with Gasteiger partial charge >= 0.3 is 0 Å². The van der Waals surface area contributed by atoms with Gasteiger partial charge in [-0.3, -0.25) is 0 Å². The van der Waals surface area contributed by atoms with Gasteiger partial charge in [0.2, 0.25) is 0 Å². The van der Waals surface area contributed by atoms with Crippen molar-refractivity contribution in [3.05, 3.63) is 16.6 Å². The molecule has 5 aliphatic rings. The number of hydrogen-bond acceptors (Lipinski definition) is 5. The SMILES string of the molecule is C[C@H]1CC[C@]2(C)C3CC[C@@]4(C)[C@@H](CC[C@@]4(O)c4nccs4)C3[C@H]3OC(C)(C)O[C@@H]3[C@H]2C1. The number of ether oxygens (including phenoxy) is 2. The monoisotopic (exact) mass is 445 g/mol. The largest absolute Gasteiger partial charge is 0.382 e. The Morgan fingerprint density at radius 1 is 0.968 bits per heavy atom. The molecule has 6 rings (SSSR count). The van der Waals surface area contributed by atoms with Gasteiger partial charge in [-0.15, -0.1) is 11.3 Å². The first-order valence-electron chi connectivity index (χ1n) is 12.6. The summed E-state index contributed by atoms with van der Waals surface area (Å²) in [6.45, 7) is 11.6. The van der Waals surface area contributed by atoms with Crippen LogP contribution in [0.25, 0.3) is 0 Å². The van der Waals surface area contributed by atoms with Gasteiger partial charge in [0.1, 0.15) is 10.6 Å². The van der Waals surface area contributed by atoms with E-state index in [0.717, 1.165) is 30.2 Å². The normalized spacial score (nSPS) is 55.2. The molecule has 5 heteroatoms. The van der Waals surface area contributed by atoms with Gasteiger partial charge in [0, 0.05) is 17.0 Å². The lowest BCUT2D eigenvalue weighted by atomic mass is 9.42. The van der Waals surface area contributed by atoms with Crippen LogP contribution in [0.5, 0.6) is 0 Å². The fourth-order valence-electron chi connectivity index (χ4n) is 9.18. The number of nitrogens with zero attached hydrogens (tertiary/aromatic N) is 1. The van der Waals surface area contributed by atoms with Gasteiger partial charge in [-0.1, -0.05) is 27.2 Å². The van der Waals surface area contributed by atoms with Gasteiger partial charge < -0.3 is 14.6 Å². The van der Waals surface area contributed by atoms with Crippen molar-refractivity contribution in [2.24, 2.45) is 40.4 Å². The first kappa shape index (κ1) is 21.1. The second-order valence-electron chi connectivity index (χ2n) is 12.5. The van der Waals surface area contributed by atoms with Crippen molar-refractivity contribution >= 4 is 11.3 Å². The van der Waals surface area contributed by atoms with Crippen LogP contribution in [0.15, 0.2) is 11.6 Å². The van der Waals surface area contributed by atoms with Crippen LogP contribution in [0.4, 0.5) is 0 Å². The smallest absolute Gasteiger partial charge is 0.163 e. The molecule has 1 aromatic heterocycles. The van der Waals surface area contributed by atoms with Gasteiger partial charge in [0.25, 0.3) is 0 Å². The van der Waals surface area contributed by atoms with Crippen molar-refractivity contribution in [1.82, 2.24) is 4.98 Å². The van der Waals surface area contributed by atoms with Crippen LogP contribution >= 0.6 is 11.3 Å². The predicted molar refractivity (Wildman–Crippen MR) is 121 cm³/mol. The molecule has 1 N–H and O–H groups in total. The summed E-state index contributed by atoms with van der Waals surface area (Å²) >= 11 is 1.62. The molecule has 4 aliphatic carbocycles. The fraction of sp³-hybridized carbons (Fsp3) is 0.885. The van der Waals surface area contributed by atoms with E-state index in [9.17, 15) is 5.11 Å². The number of fused-ring (bicyclic) bond motifs is 8. The first-order chi connectivity index (χ1) is 14.6. The molecule has 2 heterocycles. The maximum Gasteiger partial charge on any atom is 0.163 e. The zero-order valence-corrected chi connectivity index (χ0v) is 20.6.